The van der Waals surface area contributed by atoms with Crippen LogP contribution < -0.4 is 4.90 Å². The smallest absolute Gasteiger partial charge is 0.179 e. The molecule has 0 spiro atoms. The summed E-state index contributed by atoms with van der Waals surface area (Å²) in [6.07, 6.45) is 5.09. The number of nitrogens with zero attached hydrogens (tertiary/aromatic N) is 2. The van der Waals surface area contributed by atoms with E-state index in [1.54, 1.807) is 18.3 Å². The van der Waals surface area contributed by atoms with Gasteiger partial charge in [0.15, 0.2) is 9.84 Å². The Morgan fingerprint density at radius 2 is 2.00 bits per heavy atom. The Hall–Kier alpha value is -1.10. The van der Waals surface area contributed by atoms with Crippen LogP contribution in [0.1, 0.15) is 12.8 Å². The molecule has 1 aromatic rings. The van der Waals surface area contributed by atoms with Gasteiger partial charge in [0.05, 0.1) is 0 Å². The fourth-order valence-corrected chi connectivity index (χ4v) is 2.68. The molecule has 0 unspecified atom stereocenters. The summed E-state index contributed by atoms with van der Waals surface area (Å²) in [6, 6.07) is 3.28. The highest BCUT2D eigenvalue weighted by molar-refractivity contribution is 7.90. The lowest BCUT2D eigenvalue weighted by Gasteiger charge is -2.18. The van der Waals surface area contributed by atoms with E-state index in [1.165, 1.54) is 6.26 Å². The molecule has 0 radical (unpaired) electrons. The van der Waals surface area contributed by atoms with Crippen LogP contribution in [0.5, 0.6) is 0 Å². The monoisotopic (exact) mass is 226 g/mol. The number of rotatable bonds is 2. The molecule has 15 heavy (non-hydrogen) atoms. The van der Waals surface area contributed by atoms with Gasteiger partial charge in [-0.2, -0.15) is 0 Å². The van der Waals surface area contributed by atoms with E-state index in [9.17, 15) is 8.42 Å². The second-order valence-corrected chi connectivity index (χ2v) is 5.78. The van der Waals surface area contributed by atoms with Gasteiger partial charge in [-0.1, -0.05) is 0 Å². The van der Waals surface area contributed by atoms with Gasteiger partial charge in [0.2, 0.25) is 0 Å². The molecule has 0 atom stereocenters. The van der Waals surface area contributed by atoms with Crippen molar-refractivity contribution in [2.24, 2.45) is 0 Å². The van der Waals surface area contributed by atoms with E-state index >= 15 is 0 Å². The summed E-state index contributed by atoms with van der Waals surface area (Å²) < 4.78 is 23.1. The average molecular weight is 226 g/mol. The molecule has 0 saturated carbocycles. The lowest BCUT2D eigenvalue weighted by molar-refractivity contribution is 0.601. The molecule has 1 aromatic heterocycles. The van der Waals surface area contributed by atoms with Crippen molar-refractivity contribution in [2.75, 3.05) is 24.2 Å². The SMILES string of the molecule is CS(=O)(=O)c1cccnc1N1CCCC1. The summed E-state index contributed by atoms with van der Waals surface area (Å²) in [5, 5.41) is 0. The van der Waals surface area contributed by atoms with Crippen molar-refractivity contribution < 1.29 is 8.42 Å². The molecule has 0 amide bonds. The van der Waals surface area contributed by atoms with Gasteiger partial charge in [-0.3, -0.25) is 0 Å². The molecule has 0 aromatic carbocycles. The third kappa shape index (κ3) is 2.12. The van der Waals surface area contributed by atoms with Crippen LogP contribution in [-0.2, 0) is 9.84 Å². The number of hydrogen-bond donors (Lipinski definition) is 0. The van der Waals surface area contributed by atoms with Crippen molar-refractivity contribution >= 4 is 15.7 Å². The molecule has 0 aliphatic carbocycles. The van der Waals surface area contributed by atoms with Gasteiger partial charge >= 0.3 is 0 Å². The number of aromatic nitrogens is 1. The van der Waals surface area contributed by atoms with Crippen molar-refractivity contribution in [1.82, 2.24) is 4.98 Å². The van der Waals surface area contributed by atoms with E-state index in [-0.39, 0.29) is 0 Å². The Morgan fingerprint density at radius 3 is 2.60 bits per heavy atom. The van der Waals surface area contributed by atoms with Crippen molar-refractivity contribution in [3.63, 3.8) is 0 Å². The maximum absolute atomic E-state index is 11.5. The van der Waals surface area contributed by atoms with E-state index < -0.39 is 9.84 Å². The molecule has 1 aliphatic rings. The molecule has 4 nitrogen and oxygen atoms in total. The predicted molar refractivity (Wildman–Crippen MR) is 58.8 cm³/mol. The summed E-state index contributed by atoms with van der Waals surface area (Å²) in [7, 11) is -3.18. The highest BCUT2D eigenvalue weighted by Crippen LogP contribution is 2.25. The molecular weight excluding hydrogens is 212 g/mol. The zero-order valence-corrected chi connectivity index (χ0v) is 9.50. The molecule has 0 N–H and O–H groups in total. The minimum atomic E-state index is -3.18. The lowest BCUT2D eigenvalue weighted by Crippen LogP contribution is -2.21. The Bertz CT molecular complexity index is 450. The zero-order valence-electron chi connectivity index (χ0n) is 8.68. The van der Waals surface area contributed by atoms with Gasteiger partial charge < -0.3 is 4.90 Å². The van der Waals surface area contributed by atoms with E-state index in [0.717, 1.165) is 25.9 Å². The van der Waals surface area contributed by atoms with Crippen molar-refractivity contribution in [3.8, 4) is 0 Å². The van der Waals surface area contributed by atoms with Crippen LogP contribution in [0.4, 0.5) is 5.82 Å². The molecular formula is C10H14N2O2S. The van der Waals surface area contributed by atoms with Gasteiger partial charge in [-0.05, 0) is 25.0 Å². The number of anilines is 1. The van der Waals surface area contributed by atoms with E-state index in [4.69, 9.17) is 0 Å². The molecule has 2 rings (SSSR count). The van der Waals surface area contributed by atoms with Crippen molar-refractivity contribution in [3.05, 3.63) is 18.3 Å². The first-order chi connectivity index (χ1) is 7.09. The van der Waals surface area contributed by atoms with E-state index in [1.807, 2.05) is 4.90 Å². The normalized spacial score (nSPS) is 17.0. The van der Waals surface area contributed by atoms with Crippen LogP contribution in [0.15, 0.2) is 23.2 Å². The summed E-state index contributed by atoms with van der Waals surface area (Å²) in [5.74, 6) is 0.609. The minimum Gasteiger partial charge on any atom is -0.356 e. The van der Waals surface area contributed by atoms with Gasteiger partial charge in [0.1, 0.15) is 10.7 Å². The van der Waals surface area contributed by atoms with Crippen molar-refractivity contribution in [2.45, 2.75) is 17.7 Å². The second-order valence-electron chi connectivity index (χ2n) is 3.79. The molecule has 5 heteroatoms. The van der Waals surface area contributed by atoms with E-state index in [0.29, 0.717) is 10.7 Å². The van der Waals surface area contributed by atoms with Crippen LogP contribution >= 0.6 is 0 Å². The van der Waals surface area contributed by atoms with Crippen LogP contribution in [-0.4, -0.2) is 32.7 Å². The lowest BCUT2D eigenvalue weighted by atomic mass is 10.4. The van der Waals surface area contributed by atoms with Gasteiger partial charge in [-0.25, -0.2) is 13.4 Å². The summed E-state index contributed by atoms with van der Waals surface area (Å²) >= 11 is 0. The molecule has 1 fully saturated rings. The highest BCUT2D eigenvalue weighted by Gasteiger charge is 2.21. The molecule has 1 aliphatic heterocycles. The second kappa shape index (κ2) is 3.81. The van der Waals surface area contributed by atoms with Gasteiger partial charge in [0, 0.05) is 25.5 Å². The topological polar surface area (TPSA) is 50.3 Å². The fraction of sp³-hybridized carbons (Fsp3) is 0.500. The summed E-state index contributed by atoms with van der Waals surface area (Å²) in [6.45, 7) is 1.80. The molecule has 0 bridgehead atoms. The Labute approximate surface area is 89.9 Å². The van der Waals surface area contributed by atoms with Crippen LogP contribution in [0.2, 0.25) is 0 Å². The summed E-state index contributed by atoms with van der Waals surface area (Å²) in [4.78, 5) is 6.55. The highest BCUT2D eigenvalue weighted by atomic mass is 32.2. The third-order valence-corrected chi connectivity index (χ3v) is 3.67. The van der Waals surface area contributed by atoms with Crippen molar-refractivity contribution in [1.29, 1.82) is 0 Å². The molecule has 1 saturated heterocycles. The average Bonchev–Trinajstić information content (AvgIpc) is 2.69. The quantitative estimate of drug-likeness (QED) is 0.757. The summed E-state index contributed by atoms with van der Waals surface area (Å²) in [5.41, 5.74) is 0. The maximum Gasteiger partial charge on any atom is 0.179 e. The predicted octanol–water partition coefficient (Wildman–Crippen LogP) is 1.09. The van der Waals surface area contributed by atoms with Crippen LogP contribution in [0.25, 0.3) is 0 Å². The zero-order chi connectivity index (χ0) is 10.9. The number of sulfone groups is 1. The maximum atomic E-state index is 11.5. The Kier molecular flexibility index (Phi) is 2.65. The molecule has 2 heterocycles. The number of hydrogen-bond acceptors (Lipinski definition) is 4. The van der Waals surface area contributed by atoms with Crippen LogP contribution in [0.3, 0.4) is 0 Å². The number of pyridine rings is 1. The van der Waals surface area contributed by atoms with Gasteiger partial charge in [0.25, 0.3) is 0 Å². The first kappa shape index (κ1) is 10.4. The van der Waals surface area contributed by atoms with Crippen LogP contribution in [0, 0.1) is 0 Å². The van der Waals surface area contributed by atoms with E-state index in [2.05, 4.69) is 4.98 Å². The fourth-order valence-electron chi connectivity index (χ4n) is 1.84. The minimum absolute atomic E-state index is 0.340. The first-order valence-electron chi connectivity index (χ1n) is 4.99. The standard InChI is InChI=1S/C10H14N2O2S/c1-15(13,14)9-5-4-6-11-10(9)12-7-2-3-8-12/h4-6H,2-3,7-8H2,1H3. The Balaban J connectivity index is 2.46. The first-order valence-corrected chi connectivity index (χ1v) is 6.88. The molecule has 82 valence electrons. The Morgan fingerprint density at radius 1 is 1.33 bits per heavy atom. The van der Waals surface area contributed by atoms with Gasteiger partial charge in [-0.15, -0.1) is 0 Å². The largest absolute Gasteiger partial charge is 0.356 e. The third-order valence-electron chi connectivity index (χ3n) is 2.56.